The number of halogens is 4. The summed E-state index contributed by atoms with van der Waals surface area (Å²) in [5.41, 5.74) is 0.985. The van der Waals surface area contributed by atoms with E-state index in [1.807, 2.05) is 0 Å². The van der Waals surface area contributed by atoms with Gasteiger partial charge in [0.2, 0.25) is 0 Å². The first kappa shape index (κ1) is 30.4. The Balaban J connectivity index is 0.00000370. The van der Waals surface area contributed by atoms with Gasteiger partial charge in [0, 0.05) is 35.5 Å². The number of ketones is 1. The van der Waals surface area contributed by atoms with Crippen molar-refractivity contribution < 1.29 is 66.9 Å². The molecular weight excluding hydrogens is 556 g/mol. The number of hydrogen-bond acceptors (Lipinski definition) is 5. The number of carbonyl (C=O) groups is 2. The molecular formula is C30H25ClF3NaO5. The molecule has 3 aromatic rings. The molecule has 0 N–H and O–H groups in total. The van der Waals surface area contributed by atoms with E-state index in [-0.39, 0.29) is 58.8 Å². The summed E-state index contributed by atoms with van der Waals surface area (Å²) in [5.74, 6) is -0.808. The number of rotatable bonds is 7. The normalized spacial score (nSPS) is 20.1. The van der Waals surface area contributed by atoms with Crippen LogP contribution in [-0.4, -0.2) is 18.4 Å². The molecule has 1 aliphatic carbocycles. The van der Waals surface area contributed by atoms with E-state index >= 15 is 0 Å². The summed E-state index contributed by atoms with van der Waals surface area (Å²) in [6, 6.07) is 15.1. The van der Waals surface area contributed by atoms with Crippen molar-refractivity contribution in [1.29, 1.82) is 0 Å². The third-order valence-corrected chi connectivity index (χ3v) is 7.79. The standard InChI is InChI=1S/C30H26ClF3O5.Na/c31-25-15-24-23(29(36)37)10-11-38-27(24)16-28(25)39-22-8-6-18(7-9-22)26(35)13-17-4-5-20(12-17)19-2-1-3-21(14-19)30(32,33)34;/h1-3,6-9,14-17,20,23H,4-5,10-13H2,(H,36,37);/q;+1/p-1. The SMILES string of the molecule is O=C(CC1CCC(c2cccc(C(F)(F)F)c2)C1)c1ccc(Oc2cc3c(cc2Cl)C(C(=O)[O-])CCO3)cc1.[Na+]. The summed E-state index contributed by atoms with van der Waals surface area (Å²) in [6.07, 6.45) is -1.55. The molecule has 0 bridgehead atoms. The van der Waals surface area contributed by atoms with Crippen LogP contribution >= 0.6 is 11.6 Å². The van der Waals surface area contributed by atoms with Crippen LogP contribution in [0.3, 0.4) is 0 Å². The molecule has 1 heterocycles. The summed E-state index contributed by atoms with van der Waals surface area (Å²) >= 11 is 6.34. The number of alkyl halides is 3. The fourth-order valence-electron chi connectivity index (χ4n) is 5.46. The molecule has 3 aromatic carbocycles. The first-order valence-corrected chi connectivity index (χ1v) is 13.1. The molecule has 0 radical (unpaired) electrons. The minimum atomic E-state index is -4.37. The second-order valence-corrected chi connectivity index (χ2v) is 10.5. The van der Waals surface area contributed by atoms with Gasteiger partial charge in [-0.3, -0.25) is 4.79 Å². The van der Waals surface area contributed by atoms with Gasteiger partial charge in [-0.15, -0.1) is 0 Å². The second kappa shape index (κ2) is 12.6. The van der Waals surface area contributed by atoms with Gasteiger partial charge in [0.25, 0.3) is 0 Å². The maximum Gasteiger partial charge on any atom is 1.00 e. The molecule has 204 valence electrons. The fraction of sp³-hybridized carbons (Fsp3) is 0.333. The van der Waals surface area contributed by atoms with Crippen LogP contribution in [0.15, 0.2) is 60.7 Å². The molecule has 1 fully saturated rings. The number of aliphatic carboxylic acids is 1. The Morgan fingerprint density at radius 1 is 1.02 bits per heavy atom. The van der Waals surface area contributed by atoms with Crippen LogP contribution in [-0.2, 0) is 11.0 Å². The average Bonchev–Trinajstić information content (AvgIpc) is 3.37. The number of carbonyl (C=O) groups excluding carboxylic acids is 2. The number of fused-ring (bicyclic) bond motifs is 1. The van der Waals surface area contributed by atoms with Gasteiger partial charge in [-0.25, -0.2) is 0 Å². The molecule has 3 atom stereocenters. The Morgan fingerprint density at radius 3 is 2.48 bits per heavy atom. The molecule has 0 saturated heterocycles. The molecule has 0 spiro atoms. The minimum Gasteiger partial charge on any atom is -0.549 e. The molecule has 5 rings (SSSR count). The van der Waals surface area contributed by atoms with Gasteiger partial charge in [0.15, 0.2) is 5.78 Å². The summed E-state index contributed by atoms with van der Waals surface area (Å²) < 4.78 is 50.7. The van der Waals surface area contributed by atoms with Crippen molar-refractivity contribution in [3.63, 3.8) is 0 Å². The van der Waals surface area contributed by atoms with Gasteiger partial charge in [-0.05, 0) is 79.5 Å². The number of ether oxygens (including phenoxy) is 2. The molecule has 1 saturated carbocycles. The Morgan fingerprint density at radius 2 is 1.77 bits per heavy atom. The van der Waals surface area contributed by atoms with Crippen LogP contribution in [0.25, 0.3) is 0 Å². The number of Topliss-reactive ketones (excluding diaryl/α,β-unsaturated/α-hetero) is 1. The molecule has 0 aromatic heterocycles. The zero-order valence-electron chi connectivity index (χ0n) is 21.8. The zero-order chi connectivity index (χ0) is 27.7. The van der Waals surface area contributed by atoms with Crippen molar-refractivity contribution in [3.05, 3.63) is 87.9 Å². The molecule has 10 heteroatoms. The van der Waals surface area contributed by atoms with Gasteiger partial charge >= 0.3 is 35.7 Å². The maximum atomic E-state index is 13.1. The maximum absolute atomic E-state index is 13.1. The van der Waals surface area contributed by atoms with Crippen LogP contribution in [0.4, 0.5) is 13.2 Å². The smallest absolute Gasteiger partial charge is 0.549 e. The van der Waals surface area contributed by atoms with Gasteiger partial charge in [0.05, 0.1) is 17.2 Å². The van der Waals surface area contributed by atoms with E-state index < -0.39 is 23.6 Å². The predicted molar refractivity (Wildman–Crippen MR) is 136 cm³/mol. The van der Waals surface area contributed by atoms with Crippen molar-refractivity contribution in [2.24, 2.45) is 5.92 Å². The largest absolute Gasteiger partial charge is 1.00 e. The first-order valence-electron chi connectivity index (χ1n) is 12.7. The van der Waals surface area contributed by atoms with E-state index in [0.29, 0.717) is 53.2 Å². The van der Waals surface area contributed by atoms with Gasteiger partial charge in [-0.2, -0.15) is 13.2 Å². The van der Waals surface area contributed by atoms with Crippen LogP contribution in [0, 0.1) is 5.92 Å². The van der Waals surface area contributed by atoms with E-state index in [1.165, 1.54) is 18.2 Å². The predicted octanol–water partition coefficient (Wildman–Crippen LogP) is 3.93. The minimum absolute atomic E-state index is 0. The van der Waals surface area contributed by atoms with Crippen molar-refractivity contribution in [2.75, 3.05) is 6.61 Å². The van der Waals surface area contributed by atoms with Gasteiger partial charge in [-0.1, -0.05) is 29.8 Å². The zero-order valence-corrected chi connectivity index (χ0v) is 24.6. The van der Waals surface area contributed by atoms with Crippen LogP contribution in [0.1, 0.15) is 71.0 Å². The number of carboxylic acids is 1. The van der Waals surface area contributed by atoms with Crippen LogP contribution in [0.5, 0.6) is 17.2 Å². The summed E-state index contributed by atoms with van der Waals surface area (Å²) in [6.45, 7) is 0.241. The second-order valence-electron chi connectivity index (χ2n) is 10.1. The fourth-order valence-corrected chi connectivity index (χ4v) is 5.67. The third-order valence-electron chi connectivity index (χ3n) is 7.49. The summed E-state index contributed by atoms with van der Waals surface area (Å²) in [7, 11) is 0. The Hall–Kier alpha value is -2.52. The third kappa shape index (κ3) is 6.85. The van der Waals surface area contributed by atoms with E-state index in [4.69, 9.17) is 21.1 Å². The monoisotopic (exact) mass is 580 g/mol. The summed E-state index contributed by atoms with van der Waals surface area (Å²) in [4.78, 5) is 24.3. The van der Waals surface area contributed by atoms with Crippen LogP contribution < -0.4 is 44.1 Å². The molecule has 3 unspecified atom stereocenters. The topological polar surface area (TPSA) is 75.7 Å². The van der Waals surface area contributed by atoms with Gasteiger partial charge < -0.3 is 19.4 Å². The quantitative estimate of drug-likeness (QED) is 0.313. The van der Waals surface area contributed by atoms with E-state index in [2.05, 4.69) is 0 Å². The van der Waals surface area contributed by atoms with Crippen molar-refractivity contribution in [3.8, 4) is 17.2 Å². The molecule has 40 heavy (non-hydrogen) atoms. The molecule has 1 aliphatic heterocycles. The molecule has 5 nitrogen and oxygen atoms in total. The Labute approximate surface area is 256 Å². The molecule has 0 amide bonds. The van der Waals surface area contributed by atoms with Crippen LogP contribution in [0.2, 0.25) is 5.02 Å². The van der Waals surface area contributed by atoms with Crippen molar-refractivity contribution in [1.82, 2.24) is 0 Å². The number of hydrogen-bond donors (Lipinski definition) is 0. The number of carboxylic acid groups (broad SMARTS) is 1. The van der Waals surface area contributed by atoms with E-state index in [0.717, 1.165) is 18.9 Å². The number of benzene rings is 3. The van der Waals surface area contributed by atoms with E-state index in [1.54, 1.807) is 36.4 Å². The average molecular weight is 581 g/mol. The Kier molecular flexibility index (Phi) is 9.55. The summed E-state index contributed by atoms with van der Waals surface area (Å²) in [5, 5.41) is 11.6. The van der Waals surface area contributed by atoms with E-state index in [9.17, 15) is 27.9 Å². The molecule has 2 aliphatic rings. The van der Waals surface area contributed by atoms with Crippen molar-refractivity contribution in [2.45, 2.75) is 50.1 Å². The van der Waals surface area contributed by atoms with Gasteiger partial charge in [0.1, 0.15) is 17.2 Å². The first-order chi connectivity index (χ1) is 18.6. The van der Waals surface area contributed by atoms with Crippen molar-refractivity contribution >= 4 is 23.4 Å². The Bertz CT molecular complexity index is 1390.